The Morgan fingerprint density at radius 3 is 1.92 bits per heavy atom. The number of carbonyl (C=O) groups is 1. The lowest BCUT2D eigenvalue weighted by atomic mass is 10.1. The SMILES string of the molecule is CC[C@@H](O)CC/C=C\C/C=C\C/C=C\C/C=C\CCCC(=O)OC. The summed E-state index contributed by atoms with van der Waals surface area (Å²) in [5.41, 5.74) is 0. The van der Waals surface area contributed by atoms with Gasteiger partial charge in [0.25, 0.3) is 0 Å². The van der Waals surface area contributed by atoms with Crippen LogP contribution in [0.15, 0.2) is 48.6 Å². The van der Waals surface area contributed by atoms with E-state index in [0.717, 1.165) is 51.4 Å². The van der Waals surface area contributed by atoms with Crippen molar-refractivity contribution in [3.8, 4) is 0 Å². The maximum atomic E-state index is 10.9. The van der Waals surface area contributed by atoms with Crippen LogP contribution in [0, 0.1) is 0 Å². The van der Waals surface area contributed by atoms with Crippen molar-refractivity contribution in [1.82, 2.24) is 0 Å². The van der Waals surface area contributed by atoms with Crippen LogP contribution in [0.2, 0.25) is 0 Å². The van der Waals surface area contributed by atoms with Gasteiger partial charge in [-0.3, -0.25) is 4.79 Å². The maximum Gasteiger partial charge on any atom is 0.305 e. The molecule has 1 N–H and O–H groups in total. The number of methoxy groups -OCH3 is 1. The predicted molar refractivity (Wildman–Crippen MR) is 102 cm³/mol. The Hall–Kier alpha value is -1.61. The van der Waals surface area contributed by atoms with E-state index < -0.39 is 0 Å². The Kier molecular flexibility index (Phi) is 16.5. The standard InChI is InChI=1S/C21H34O3/c1-3-20(22)18-16-14-12-10-8-6-4-5-7-9-11-13-15-17-19-21(23)24-2/h5-8,11-14,20,22H,3-4,9-10,15-19H2,1-2H3/b7-5-,8-6-,13-11-,14-12-/t20-/m1/s1. The minimum Gasteiger partial charge on any atom is -0.469 e. The van der Waals surface area contributed by atoms with E-state index in [4.69, 9.17) is 0 Å². The Morgan fingerprint density at radius 1 is 0.917 bits per heavy atom. The van der Waals surface area contributed by atoms with Crippen LogP contribution in [-0.2, 0) is 9.53 Å². The van der Waals surface area contributed by atoms with Gasteiger partial charge < -0.3 is 9.84 Å². The van der Waals surface area contributed by atoms with Gasteiger partial charge in [0.1, 0.15) is 0 Å². The van der Waals surface area contributed by atoms with Crippen LogP contribution in [0.5, 0.6) is 0 Å². The van der Waals surface area contributed by atoms with Gasteiger partial charge in [-0.25, -0.2) is 0 Å². The van der Waals surface area contributed by atoms with Crippen LogP contribution < -0.4 is 0 Å². The molecule has 0 unspecified atom stereocenters. The molecule has 1 atom stereocenters. The van der Waals surface area contributed by atoms with E-state index in [2.05, 4.69) is 53.3 Å². The number of hydrogen-bond donors (Lipinski definition) is 1. The predicted octanol–water partition coefficient (Wildman–Crippen LogP) is 5.28. The van der Waals surface area contributed by atoms with Gasteiger partial charge in [0.15, 0.2) is 0 Å². The number of unbranched alkanes of at least 4 members (excludes halogenated alkanes) is 1. The lowest BCUT2D eigenvalue weighted by Crippen LogP contribution is -2.02. The molecule has 0 fully saturated rings. The first-order chi connectivity index (χ1) is 11.7. The minimum atomic E-state index is -0.155. The van der Waals surface area contributed by atoms with E-state index in [9.17, 15) is 9.90 Å². The molecule has 0 aromatic rings. The van der Waals surface area contributed by atoms with Gasteiger partial charge in [0, 0.05) is 6.42 Å². The summed E-state index contributed by atoms with van der Waals surface area (Å²) in [5, 5.41) is 9.42. The molecule has 3 heteroatoms. The zero-order valence-corrected chi connectivity index (χ0v) is 15.3. The summed E-state index contributed by atoms with van der Waals surface area (Å²) in [6.45, 7) is 2.01. The summed E-state index contributed by atoms with van der Waals surface area (Å²) >= 11 is 0. The zero-order chi connectivity index (χ0) is 17.9. The highest BCUT2D eigenvalue weighted by Gasteiger charge is 1.97. The van der Waals surface area contributed by atoms with Crippen molar-refractivity contribution in [2.45, 2.75) is 70.8 Å². The van der Waals surface area contributed by atoms with Crippen molar-refractivity contribution in [3.05, 3.63) is 48.6 Å². The third-order valence-corrected chi connectivity index (χ3v) is 3.60. The lowest BCUT2D eigenvalue weighted by Gasteiger charge is -2.03. The van der Waals surface area contributed by atoms with Crippen LogP contribution in [0.3, 0.4) is 0 Å². The van der Waals surface area contributed by atoms with Gasteiger partial charge >= 0.3 is 5.97 Å². The quantitative estimate of drug-likeness (QED) is 0.267. The molecule has 136 valence electrons. The Labute approximate surface area is 147 Å². The molecule has 0 spiro atoms. The third kappa shape index (κ3) is 16.8. The first-order valence-corrected chi connectivity index (χ1v) is 9.05. The van der Waals surface area contributed by atoms with Crippen LogP contribution in [-0.4, -0.2) is 24.3 Å². The van der Waals surface area contributed by atoms with E-state index in [1.807, 2.05) is 6.92 Å². The third-order valence-electron chi connectivity index (χ3n) is 3.60. The molecule has 0 heterocycles. The highest BCUT2D eigenvalue weighted by atomic mass is 16.5. The van der Waals surface area contributed by atoms with E-state index in [-0.39, 0.29) is 12.1 Å². The number of allylic oxidation sites excluding steroid dienone is 8. The van der Waals surface area contributed by atoms with Gasteiger partial charge in [-0.1, -0.05) is 55.5 Å². The molecule has 0 rings (SSSR count). The normalized spacial score (nSPS) is 13.6. The molecular formula is C21H34O3. The van der Waals surface area contributed by atoms with Crippen molar-refractivity contribution in [3.63, 3.8) is 0 Å². The number of aliphatic hydroxyl groups excluding tert-OH is 1. The Morgan fingerprint density at radius 2 is 1.42 bits per heavy atom. The van der Waals surface area contributed by atoms with Gasteiger partial charge in [0.05, 0.1) is 13.2 Å². The summed E-state index contributed by atoms with van der Waals surface area (Å²) in [6.07, 6.45) is 24.8. The molecule has 0 amide bonds. The fourth-order valence-electron chi connectivity index (χ4n) is 2.01. The first-order valence-electron chi connectivity index (χ1n) is 9.05. The molecule has 0 aromatic carbocycles. The largest absolute Gasteiger partial charge is 0.469 e. The minimum absolute atomic E-state index is 0.136. The number of rotatable bonds is 14. The molecule has 0 aromatic heterocycles. The van der Waals surface area contributed by atoms with Crippen molar-refractivity contribution in [2.24, 2.45) is 0 Å². The van der Waals surface area contributed by atoms with E-state index in [1.54, 1.807) is 0 Å². The molecule has 3 nitrogen and oxygen atoms in total. The molecule has 24 heavy (non-hydrogen) atoms. The second-order valence-electron chi connectivity index (χ2n) is 5.70. The second-order valence-corrected chi connectivity index (χ2v) is 5.70. The monoisotopic (exact) mass is 334 g/mol. The summed E-state index contributed by atoms with van der Waals surface area (Å²) in [7, 11) is 1.42. The fraction of sp³-hybridized carbons (Fsp3) is 0.571. The van der Waals surface area contributed by atoms with E-state index >= 15 is 0 Å². The number of esters is 1. The van der Waals surface area contributed by atoms with Gasteiger partial charge in [-0.2, -0.15) is 0 Å². The summed E-state index contributed by atoms with van der Waals surface area (Å²) in [6, 6.07) is 0. The maximum absolute atomic E-state index is 10.9. The fourth-order valence-corrected chi connectivity index (χ4v) is 2.01. The van der Waals surface area contributed by atoms with Crippen molar-refractivity contribution < 1.29 is 14.6 Å². The molecule has 0 bridgehead atoms. The van der Waals surface area contributed by atoms with Crippen LogP contribution >= 0.6 is 0 Å². The van der Waals surface area contributed by atoms with Crippen LogP contribution in [0.25, 0.3) is 0 Å². The smallest absolute Gasteiger partial charge is 0.305 e. The first kappa shape index (κ1) is 22.4. The summed E-state index contributed by atoms with van der Waals surface area (Å²) in [4.78, 5) is 10.9. The molecule has 0 aliphatic heterocycles. The Balaban J connectivity index is 3.48. The molecule has 0 radical (unpaired) electrons. The van der Waals surface area contributed by atoms with Gasteiger partial charge in [-0.15, -0.1) is 0 Å². The lowest BCUT2D eigenvalue weighted by molar-refractivity contribution is -0.140. The van der Waals surface area contributed by atoms with Crippen molar-refractivity contribution >= 4 is 5.97 Å². The molecule has 0 saturated heterocycles. The van der Waals surface area contributed by atoms with Gasteiger partial charge in [-0.05, 0) is 51.4 Å². The van der Waals surface area contributed by atoms with Crippen LogP contribution in [0.1, 0.15) is 64.7 Å². The van der Waals surface area contributed by atoms with E-state index in [1.165, 1.54) is 7.11 Å². The number of carbonyl (C=O) groups excluding carboxylic acids is 1. The number of aliphatic hydroxyl groups is 1. The van der Waals surface area contributed by atoms with E-state index in [0.29, 0.717) is 6.42 Å². The molecule has 0 aliphatic carbocycles. The highest BCUT2D eigenvalue weighted by Crippen LogP contribution is 2.02. The molecule has 0 aliphatic rings. The molecule has 0 saturated carbocycles. The Bertz CT molecular complexity index is 405. The summed E-state index contributed by atoms with van der Waals surface area (Å²) < 4.78 is 4.59. The molecular weight excluding hydrogens is 300 g/mol. The second kappa shape index (κ2) is 17.7. The highest BCUT2D eigenvalue weighted by molar-refractivity contribution is 5.69. The summed E-state index contributed by atoms with van der Waals surface area (Å²) in [5.74, 6) is -0.136. The average molecular weight is 335 g/mol. The number of ether oxygens (including phenoxy) is 1. The van der Waals surface area contributed by atoms with Crippen molar-refractivity contribution in [1.29, 1.82) is 0 Å². The topological polar surface area (TPSA) is 46.5 Å². The van der Waals surface area contributed by atoms with Crippen molar-refractivity contribution in [2.75, 3.05) is 7.11 Å². The average Bonchev–Trinajstić information content (AvgIpc) is 2.60. The van der Waals surface area contributed by atoms with Gasteiger partial charge in [0.2, 0.25) is 0 Å². The van der Waals surface area contributed by atoms with Crippen LogP contribution in [0.4, 0.5) is 0 Å². The zero-order valence-electron chi connectivity index (χ0n) is 15.3. The number of hydrogen-bond acceptors (Lipinski definition) is 3.